The first-order chi connectivity index (χ1) is 12.3. The van der Waals surface area contributed by atoms with Gasteiger partial charge in [0.25, 0.3) is 0 Å². The molecule has 0 unspecified atom stereocenters. The maximum absolute atomic E-state index is 5.77. The Morgan fingerprint density at radius 3 is 2.24 bits per heavy atom. The Hall–Kier alpha value is -2.28. The molecule has 0 amide bonds. The van der Waals surface area contributed by atoms with E-state index in [9.17, 15) is 0 Å². The zero-order valence-electron chi connectivity index (χ0n) is 13.9. The van der Waals surface area contributed by atoms with E-state index < -0.39 is 0 Å². The smallest absolute Gasteiger partial charge is 0.204 e. The third kappa shape index (κ3) is 3.42. The van der Waals surface area contributed by atoms with Gasteiger partial charge in [-0.25, -0.2) is 4.68 Å². The van der Waals surface area contributed by atoms with Crippen LogP contribution in [0.15, 0.2) is 60.7 Å². The average Bonchev–Trinajstić information content (AvgIpc) is 3.00. The van der Waals surface area contributed by atoms with Gasteiger partial charge in [-0.3, -0.25) is 9.47 Å². The van der Waals surface area contributed by atoms with Crippen LogP contribution in [0, 0.1) is 4.77 Å². The first kappa shape index (κ1) is 16.2. The number of nitrogens with zero attached hydrogens (tertiary/aromatic N) is 4. The zero-order valence-corrected chi connectivity index (χ0v) is 14.7. The largest absolute Gasteiger partial charge is 0.379 e. The summed E-state index contributed by atoms with van der Waals surface area (Å²) in [7, 11) is 0. The lowest BCUT2D eigenvalue weighted by Gasteiger charge is -2.26. The van der Waals surface area contributed by atoms with Crippen LogP contribution in [0.1, 0.15) is 0 Å². The number of para-hydroxylation sites is 1. The fourth-order valence-electron chi connectivity index (χ4n) is 3.02. The summed E-state index contributed by atoms with van der Waals surface area (Å²) in [5.41, 5.74) is 2.08. The van der Waals surface area contributed by atoms with Gasteiger partial charge >= 0.3 is 0 Å². The van der Waals surface area contributed by atoms with Crippen molar-refractivity contribution < 1.29 is 4.74 Å². The molecule has 4 rings (SSSR count). The second-order valence-electron chi connectivity index (χ2n) is 6.01. The topological polar surface area (TPSA) is 35.2 Å². The van der Waals surface area contributed by atoms with Crippen LogP contribution in [0.2, 0.25) is 0 Å². The molecule has 3 aromatic rings. The van der Waals surface area contributed by atoms with Crippen molar-refractivity contribution in [1.29, 1.82) is 0 Å². The number of aromatic nitrogens is 3. The van der Waals surface area contributed by atoms with Crippen molar-refractivity contribution in [2.45, 2.75) is 6.67 Å². The van der Waals surface area contributed by atoms with Crippen LogP contribution >= 0.6 is 12.2 Å². The molecule has 25 heavy (non-hydrogen) atoms. The summed E-state index contributed by atoms with van der Waals surface area (Å²) < 4.78 is 10.1. The van der Waals surface area contributed by atoms with E-state index in [1.54, 1.807) is 0 Å². The molecule has 2 aromatic carbocycles. The van der Waals surface area contributed by atoms with Crippen molar-refractivity contribution in [2.75, 3.05) is 26.3 Å². The molecule has 1 aliphatic heterocycles. The fourth-order valence-corrected chi connectivity index (χ4v) is 3.31. The van der Waals surface area contributed by atoms with E-state index in [1.165, 1.54) is 0 Å². The van der Waals surface area contributed by atoms with E-state index in [0.29, 0.717) is 11.4 Å². The molecule has 0 atom stereocenters. The van der Waals surface area contributed by atoms with E-state index in [1.807, 2.05) is 45.6 Å². The summed E-state index contributed by atoms with van der Waals surface area (Å²) in [6, 6.07) is 20.3. The van der Waals surface area contributed by atoms with Gasteiger partial charge in [0.05, 0.1) is 19.9 Å². The molecular formula is C19H20N4OS. The Kier molecular flexibility index (Phi) is 4.74. The lowest BCUT2D eigenvalue weighted by Crippen LogP contribution is -2.37. The predicted molar refractivity (Wildman–Crippen MR) is 100 cm³/mol. The molecule has 5 nitrogen and oxygen atoms in total. The quantitative estimate of drug-likeness (QED) is 0.675. The highest BCUT2D eigenvalue weighted by Gasteiger charge is 2.17. The van der Waals surface area contributed by atoms with Gasteiger partial charge in [-0.15, -0.1) is 5.10 Å². The van der Waals surface area contributed by atoms with Gasteiger partial charge in [0.15, 0.2) is 5.82 Å². The van der Waals surface area contributed by atoms with Crippen LogP contribution in [0.4, 0.5) is 0 Å². The Morgan fingerprint density at radius 2 is 1.56 bits per heavy atom. The van der Waals surface area contributed by atoms with Gasteiger partial charge in [0, 0.05) is 24.3 Å². The van der Waals surface area contributed by atoms with Gasteiger partial charge < -0.3 is 4.74 Å². The molecule has 0 N–H and O–H groups in total. The van der Waals surface area contributed by atoms with Crippen LogP contribution in [0.25, 0.3) is 17.1 Å². The van der Waals surface area contributed by atoms with Gasteiger partial charge in [-0.1, -0.05) is 48.5 Å². The molecule has 2 heterocycles. The third-order valence-corrected chi connectivity index (χ3v) is 4.72. The van der Waals surface area contributed by atoms with Gasteiger partial charge in [0.1, 0.15) is 0 Å². The van der Waals surface area contributed by atoms with E-state index in [-0.39, 0.29) is 0 Å². The number of benzene rings is 2. The molecule has 1 aromatic heterocycles. The van der Waals surface area contributed by atoms with Gasteiger partial charge in [0.2, 0.25) is 4.77 Å². The molecule has 0 spiro atoms. The van der Waals surface area contributed by atoms with Crippen molar-refractivity contribution in [3.8, 4) is 17.1 Å². The summed E-state index contributed by atoms with van der Waals surface area (Å²) in [4.78, 5) is 2.32. The molecule has 1 aliphatic rings. The molecule has 128 valence electrons. The molecule has 0 radical (unpaired) electrons. The number of rotatable bonds is 4. The van der Waals surface area contributed by atoms with E-state index in [0.717, 1.165) is 43.4 Å². The average molecular weight is 352 g/mol. The first-order valence-corrected chi connectivity index (χ1v) is 8.84. The number of ether oxygens (including phenoxy) is 1. The lowest BCUT2D eigenvalue weighted by molar-refractivity contribution is 0.0210. The summed E-state index contributed by atoms with van der Waals surface area (Å²) in [6.07, 6.45) is 0. The number of morpholine rings is 1. The highest BCUT2D eigenvalue weighted by atomic mass is 32.1. The van der Waals surface area contributed by atoms with E-state index >= 15 is 0 Å². The van der Waals surface area contributed by atoms with Crippen LogP contribution in [-0.2, 0) is 11.4 Å². The Bertz CT molecular complexity index is 883. The maximum Gasteiger partial charge on any atom is 0.204 e. The molecule has 1 fully saturated rings. The van der Waals surface area contributed by atoms with Crippen molar-refractivity contribution >= 4 is 12.2 Å². The van der Waals surface area contributed by atoms with Gasteiger partial charge in [-0.05, 0) is 24.4 Å². The monoisotopic (exact) mass is 352 g/mol. The third-order valence-electron chi connectivity index (χ3n) is 4.32. The molecule has 0 bridgehead atoms. The minimum absolute atomic E-state index is 0.682. The molecule has 1 saturated heterocycles. The molecule has 0 saturated carbocycles. The highest BCUT2D eigenvalue weighted by molar-refractivity contribution is 7.71. The normalized spacial score (nSPS) is 15.4. The molecule has 0 aliphatic carbocycles. The van der Waals surface area contributed by atoms with Crippen LogP contribution in [-0.4, -0.2) is 45.6 Å². The fraction of sp³-hybridized carbons (Fsp3) is 0.263. The van der Waals surface area contributed by atoms with Crippen LogP contribution < -0.4 is 0 Å². The Labute approximate surface area is 152 Å². The minimum atomic E-state index is 0.682. The van der Waals surface area contributed by atoms with Crippen molar-refractivity contribution in [3.63, 3.8) is 0 Å². The van der Waals surface area contributed by atoms with E-state index in [2.05, 4.69) is 29.2 Å². The van der Waals surface area contributed by atoms with Crippen LogP contribution in [0.5, 0.6) is 0 Å². The van der Waals surface area contributed by atoms with Crippen molar-refractivity contribution in [3.05, 3.63) is 65.4 Å². The standard InChI is InChI=1S/C19H20N4OS/c25-19-22(15-21-11-13-24-14-12-21)20-18(16-7-3-1-4-8-16)23(19)17-9-5-2-6-10-17/h1-10H,11-15H2. The Balaban J connectivity index is 1.79. The van der Waals surface area contributed by atoms with Crippen LogP contribution in [0.3, 0.4) is 0 Å². The first-order valence-electron chi connectivity index (χ1n) is 8.44. The number of hydrogen-bond donors (Lipinski definition) is 0. The summed E-state index contributed by atoms with van der Waals surface area (Å²) in [5.74, 6) is 0.866. The lowest BCUT2D eigenvalue weighted by atomic mass is 10.2. The molecular weight excluding hydrogens is 332 g/mol. The van der Waals surface area contributed by atoms with Gasteiger partial charge in [-0.2, -0.15) is 0 Å². The van der Waals surface area contributed by atoms with Crippen molar-refractivity contribution in [1.82, 2.24) is 19.2 Å². The molecule has 6 heteroatoms. The SMILES string of the molecule is S=c1n(CN2CCOCC2)nc(-c2ccccc2)n1-c1ccccc1. The summed E-state index contributed by atoms with van der Waals surface area (Å²) >= 11 is 5.77. The Morgan fingerprint density at radius 1 is 0.920 bits per heavy atom. The predicted octanol–water partition coefficient (Wildman–Crippen LogP) is 3.36. The van der Waals surface area contributed by atoms with E-state index in [4.69, 9.17) is 22.1 Å². The van der Waals surface area contributed by atoms with Crippen molar-refractivity contribution in [2.24, 2.45) is 0 Å². The zero-order chi connectivity index (χ0) is 17.1. The summed E-state index contributed by atoms with van der Waals surface area (Å²) in [6.45, 7) is 4.01. The second kappa shape index (κ2) is 7.31. The minimum Gasteiger partial charge on any atom is -0.379 e. The summed E-state index contributed by atoms with van der Waals surface area (Å²) in [5, 5.41) is 4.84. The maximum atomic E-state index is 5.77. The number of hydrogen-bond acceptors (Lipinski definition) is 4. The second-order valence-corrected chi connectivity index (χ2v) is 6.38. The highest BCUT2D eigenvalue weighted by Crippen LogP contribution is 2.22.